The summed E-state index contributed by atoms with van der Waals surface area (Å²) in [6, 6.07) is 1.61. The summed E-state index contributed by atoms with van der Waals surface area (Å²) in [5, 5.41) is 9.88. The van der Waals surface area contributed by atoms with Crippen LogP contribution in [0.2, 0.25) is 10.0 Å². The number of carbonyl (C=O) groups excluding carboxylic acids is 1. The molecule has 1 atom stereocenters. The number of hydrogen-bond donors (Lipinski definition) is 2. The number of esters is 1. The number of aromatic hydroxyl groups is 1. The highest BCUT2D eigenvalue weighted by atomic mass is 35.5. The summed E-state index contributed by atoms with van der Waals surface area (Å²) in [7, 11) is 1.20. The number of phenols is 1. The SMILES string of the molecule is COC(=O)[C@@H](N)c1cc(Cl)cc(Cl)c1O. The number of rotatable bonds is 2. The molecule has 0 amide bonds. The van der Waals surface area contributed by atoms with Gasteiger partial charge >= 0.3 is 5.97 Å². The van der Waals surface area contributed by atoms with Crippen LogP contribution in [0.25, 0.3) is 0 Å². The molecule has 82 valence electrons. The van der Waals surface area contributed by atoms with Crippen LogP contribution in [0.1, 0.15) is 11.6 Å². The molecule has 15 heavy (non-hydrogen) atoms. The topological polar surface area (TPSA) is 72.5 Å². The molecule has 0 radical (unpaired) electrons. The van der Waals surface area contributed by atoms with Crippen molar-refractivity contribution in [2.24, 2.45) is 5.73 Å². The molecule has 0 bridgehead atoms. The van der Waals surface area contributed by atoms with Gasteiger partial charge in [0.15, 0.2) is 0 Å². The lowest BCUT2D eigenvalue weighted by Crippen LogP contribution is -2.22. The molecule has 3 N–H and O–H groups in total. The Bertz CT molecular complexity index is 395. The molecule has 0 fully saturated rings. The fourth-order valence-electron chi connectivity index (χ4n) is 1.08. The summed E-state index contributed by atoms with van der Waals surface area (Å²) < 4.78 is 4.44. The van der Waals surface area contributed by atoms with E-state index in [9.17, 15) is 9.90 Å². The van der Waals surface area contributed by atoms with Crippen molar-refractivity contribution < 1.29 is 14.6 Å². The Balaban J connectivity index is 3.19. The van der Waals surface area contributed by atoms with Crippen molar-refractivity contribution in [3.05, 3.63) is 27.7 Å². The zero-order valence-corrected chi connectivity index (χ0v) is 9.34. The van der Waals surface area contributed by atoms with Crippen LogP contribution >= 0.6 is 23.2 Å². The molecule has 0 aliphatic heterocycles. The Morgan fingerprint density at radius 2 is 2.13 bits per heavy atom. The number of phenolic OH excluding ortho intramolecular Hbond substituents is 1. The zero-order valence-electron chi connectivity index (χ0n) is 7.83. The second kappa shape index (κ2) is 4.70. The van der Waals surface area contributed by atoms with E-state index in [1.54, 1.807) is 0 Å². The first-order valence-corrected chi connectivity index (χ1v) is 4.74. The second-order valence-electron chi connectivity index (χ2n) is 2.83. The lowest BCUT2D eigenvalue weighted by Gasteiger charge is -2.12. The van der Waals surface area contributed by atoms with Crippen LogP contribution in [0.15, 0.2) is 12.1 Å². The molecular formula is C9H9Cl2NO3. The van der Waals surface area contributed by atoms with Crippen LogP contribution in [-0.2, 0) is 9.53 Å². The molecular weight excluding hydrogens is 241 g/mol. The third-order valence-electron chi connectivity index (χ3n) is 1.85. The lowest BCUT2D eigenvalue weighted by molar-refractivity contribution is -0.142. The van der Waals surface area contributed by atoms with Gasteiger partial charge in [-0.25, -0.2) is 0 Å². The van der Waals surface area contributed by atoms with E-state index >= 15 is 0 Å². The minimum absolute atomic E-state index is 0.0388. The molecule has 1 aromatic rings. The third kappa shape index (κ3) is 2.53. The number of halogens is 2. The van der Waals surface area contributed by atoms with Gasteiger partial charge < -0.3 is 15.6 Å². The van der Waals surface area contributed by atoms with E-state index in [1.807, 2.05) is 0 Å². The maximum atomic E-state index is 11.1. The smallest absolute Gasteiger partial charge is 0.327 e. The van der Waals surface area contributed by atoms with E-state index in [4.69, 9.17) is 28.9 Å². The summed E-state index contributed by atoms with van der Waals surface area (Å²) in [6.45, 7) is 0. The van der Waals surface area contributed by atoms with Crippen molar-refractivity contribution in [3.63, 3.8) is 0 Å². The van der Waals surface area contributed by atoms with E-state index in [1.165, 1.54) is 19.2 Å². The molecule has 1 rings (SSSR count). The van der Waals surface area contributed by atoms with Gasteiger partial charge in [0.1, 0.15) is 11.8 Å². The standard InChI is InChI=1S/C9H9Cl2NO3/c1-15-9(14)7(12)5-2-4(10)3-6(11)8(5)13/h2-3,7,13H,12H2,1H3/t7-/m0/s1. The number of hydrogen-bond acceptors (Lipinski definition) is 4. The first kappa shape index (κ1) is 12.1. The van der Waals surface area contributed by atoms with Crippen LogP contribution < -0.4 is 5.73 Å². The van der Waals surface area contributed by atoms with Crippen LogP contribution in [-0.4, -0.2) is 18.2 Å². The Kier molecular flexibility index (Phi) is 3.79. The first-order chi connectivity index (χ1) is 6.97. The van der Waals surface area contributed by atoms with E-state index in [2.05, 4.69) is 4.74 Å². The van der Waals surface area contributed by atoms with Crippen molar-refractivity contribution >= 4 is 29.2 Å². The average Bonchev–Trinajstić information content (AvgIpc) is 2.21. The van der Waals surface area contributed by atoms with Gasteiger partial charge in [0, 0.05) is 10.6 Å². The van der Waals surface area contributed by atoms with Crippen molar-refractivity contribution in [1.29, 1.82) is 0 Å². The predicted molar refractivity (Wildman–Crippen MR) is 57.1 cm³/mol. The van der Waals surface area contributed by atoms with Gasteiger partial charge in [-0.3, -0.25) is 4.79 Å². The fourth-order valence-corrected chi connectivity index (χ4v) is 1.59. The second-order valence-corrected chi connectivity index (χ2v) is 3.67. The molecule has 0 aliphatic carbocycles. The van der Waals surface area contributed by atoms with Crippen LogP contribution in [0.4, 0.5) is 0 Å². The Morgan fingerprint density at radius 1 is 1.53 bits per heavy atom. The minimum Gasteiger partial charge on any atom is -0.506 e. The van der Waals surface area contributed by atoms with Gasteiger partial charge in [0.2, 0.25) is 0 Å². The van der Waals surface area contributed by atoms with E-state index in [0.717, 1.165) is 0 Å². The number of benzene rings is 1. The first-order valence-electron chi connectivity index (χ1n) is 3.98. The van der Waals surface area contributed by atoms with Gasteiger partial charge in [-0.15, -0.1) is 0 Å². The van der Waals surface area contributed by atoms with Gasteiger partial charge in [-0.05, 0) is 12.1 Å². The predicted octanol–water partition coefficient (Wildman–Crippen LogP) is 1.87. The maximum absolute atomic E-state index is 11.1. The summed E-state index contributed by atoms with van der Waals surface area (Å²) in [6.07, 6.45) is 0. The quantitative estimate of drug-likeness (QED) is 0.786. The minimum atomic E-state index is -1.11. The molecule has 6 heteroatoms. The highest BCUT2D eigenvalue weighted by Crippen LogP contribution is 2.34. The normalized spacial score (nSPS) is 12.3. The van der Waals surface area contributed by atoms with Crippen molar-refractivity contribution in [2.45, 2.75) is 6.04 Å². The lowest BCUT2D eigenvalue weighted by atomic mass is 10.1. The summed E-state index contributed by atoms with van der Waals surface area (Å²) in [5.74, 6) is -0.942. The van der Waals surface area contributed by atoms with Crippen molar-refractivity contribution in [3.8, 4) is 5.75 Å². The molecule has 0 unspecified atom stereocenters. The number of nitrogens with two attached hydrogens (primary N) is 1. The van der Waals surface area contributed by atoms with Gasteiger partial charge in [-0.2, -0.15) is 0 Å². The monoisotopic (exact) mass is 249 g/mol. The molecule has 0 heterocycles. The van der Waals surface area contributed by atoms with E-state index in [0.29, 0.717) is 0 Å². The molecule has 0 saturated carbocycles. The fraction of sp³-hybridized carbons (Fsp3) is 0.222. The number of carbonyl (C=O) groups is 1. The van der Waals surface area contributed by atoms with Crippen LogP contribution in [0.3, 0.4) is 0 Å². The highest BCUT2D eigenvalue weighted by molar-refractivity contribution is 6.35. The zero-order chi connectivity index (χ0) is 11.6. The Morgan fingerprint density at radius 3 is 2.67 bits per heavy atom. The summed E-state index contributed by atoms with van der Waals surface area (Å²) in [4.78, 5) is 11.1. The molecule has 1 aromatic carbocycles. The van der Waals surface area contributed by atoms with Crippen LogP contribution in [0, 0.1) is 0 Å². The van der Waals surface area contributed by atoms with Crippen molar-refractivity contribution in [1.82, 2.24) is 0 Å². The van der Waals surface area contributed by atoms with Crippen molar-refractivity contribution in [2.75, 3.05) is 7.11 Å². The molecule has 4 nitrogen and oxygen atoms in total. The third-order valence-corrected chi connectivity index (χ3v) is 2.35. The molecule has 0 aromatic heterocycles. The average molecular weight is 250 g/mol. The van der Waals surface area contributed by atoms with Gasteiger partial charge in [0.25, 0.3) is 0 Å². The molecule has 0 aliphatic rings. The maximum Gasteiger partial charge on any atom is 0.327 e. The largest absolute Gasteiger partial charge is 0.506 e. The van der Waals surface area contributed by atoms with E-state index in [-0.39, 0.29) is 21.4 Å². The van der Waals surface area contributed by atoms with Gasteiger partial charge in [0.05, 0.1) is 12.1 Å². The number of methoxy groups -OCH3 is 1. The molecule has 0 spiro atoms. The Labute approximate surface area is 96.5 Å². The number of ether oxygens (including phenoxy) is 1. The Hall–Kier alpha value is -0.970. The highest BCUT2D eigenvalue weighted by Gasteiger charge is 2.21. The van der Waals surface area contributed by atoms with E-state index < -0.39 is 12.0 Å². The molecule has 0 saturated heterocycles. The van der Waals surface area contributed by atoms with Crippen LogP contribution in [0.5, 0.6) is 5.75 Å². The summed E-state index contributed by atoms with van der Waals surface area (Å²) >= 11 is 11.4. The van der Waals surface area contributed by atoms with Gasteiger partial charge in [-0.1, -0.05) is 23.2 Å². The summed E-state index contributed by atoms with van der Waals surface area (Å²) in [5.41, 5.74) is 5.67.